The maximum atomic E-state index is 13.1. The van der Waals surface area contributed by atoms with E-state index in [9.17, 15) is 13.2 Å². The van der Waals surface area contributed by atoms with E-state index in [1.165, 1.54) is 6.07 Å². The van der Waals surface area contributed by atoms with Crippen molar-refractivity contribution < 1.29 is 17.9 Å². The van der Waals surface area contributed by atoms with Crippen LogP contribution in [0.15, 0.2) is 41.6 Å². The predicted octanol–water partition coefficient (Wildman–Crippen LogP) is 3.54. The minimum atomic E-state index is -4.18. The van der Waals surface area contributed by atoms with Crippen molar-refractivity contribution in [3.63, 3.8) is 0 Å². The fraction of sp³-hybridized carbons (Fsp3) is 0.522. The topological polar surface area (TPSA) is 101 Å². The Morgan fingerprint density at radius 3 is 2.62 bits per heavy atom. The van der Waals surface area contributed by atoms with Gasteiger partial charge in [-0.25, -0.2) is 9.71 Å². The number of carbonyl (C=O) groups excluding carboxylic acids is 1. The molecule has 1 N–H and O–H groups in total. The maximum absolute atomic E-state index is 13.1. The first-order valence-corrected chi connectivity index (χ1v) is 12.6. The molecule has 0 aromatic carbocycles. The van der Waals surface area contributed by atoms with E-state index in [-0.39, 0.29) is 28.1 Å². The predicted molar refractivity (Wildman–Crippen MR) is 121 cm³/mol. The van der Waals surface area contributed by atoms with Crippen LogP contribution in [0.1, 0.15) is 63.2 Å². The van der Waals surface area contributed by atoms with Crippen LogP contribution in [0.3, 0.4) is 0 Å². The lowest BCUT2D eigenvalue weighted by Crippen LogP contribution is -2.41. The standard InChI is InChI=1S/C23H30N4O4S/c1-16-14-23(2,3)27(15-16)21-18(10-7-13-24-21)22(28)26-32(29,30)20-12-6-11-19(25-20)31-17-8-4-5-9-17/h6-7,10-13,16-17H,4-5,8-9,14-15H2,1-3H3,(H,26,28). The van der Waals surface area contributed by atoms with Crippen LogP contribution >= 0.6 is 0 Å². The van der Waals surface area contributed by atoms with E-state index in [1.807, 2.05) is 0 Å². The Bertz CT molecular complexity index is 1100. The van der Waals surface area contributed by atoms with Crippen molar-refractivity contribution in [1.82, 2.24) is 14.7 Å². The van der Waals surface area contributed by atoms with Gasteiger partial charge in [0.2, 0.25) is 5.88 Å². The van der Waals surface area contributed by atoms with Crippen molar-refractivity contribution in [2.24, 2.45) is 5.92 Å². The molecule has 1 aliphatic heterocycles. The van der Waals surface area contributed by atoms with Crippen LogP contribution in [0.25, 0.3) is 0 Å². The molecule has 0 spiro atoms. The fourth-order valence-corrected chi connectivity index (χ4v) is 5.69. The largest absolute Gasteiger partial charge is 0.474 e. The summed E-state index contributed by atoms with van der Waals surface area (Å²) in [6, 6.07) is 7.78. The second-order valence-electron chi connectivity index (χ2n) is 9.38. The highest BCUT2D eigenvalue weighted by atomic mass is 32.2. The highest BCUT2D eigenvalue weighted by Gasteiger charge is 2.39. The van der Waals surface area contributed by atoms with Crippen molar-refractivity contribution in [3.05, 3.63) is 42.1 Å². The number of sulfonamides is 1. The number of pyridine rings is 2. The molecule has 3 heterocycles. The molecule has 2 aliphatic rings. The van der Waals surface area contributed by atoms with Gasteiger partial charge in [-0.1, -0.05) is 13.0 Å². The summed E-state index contributed by atoms with van der Waals surface area (Å²) in [5.74, 6) is 0.453. The number of nitrogens with one attached hydrogen (secondary N) is 1. The molecule has 1 saturated carbocycles. The Morgan fingerprint density at radius 2 is 1.94 bits per heavy atom. The van der Waals surface area contributed by atoms with Gasteiger partial charge in [-0.05, 0) is 70.1 Å². The lowest BCUT2D eigenvalue weighted by atomic mass is 9.97. The van der Waals surface area contributed by atoms with E-state index in [0.717, 1.165) is 38.6 Å². The number of carbonyl (C=O) groups is 1. The summed E-state index contributed by atoms with van der Waals surface area (Å²) in [6.07, 6.45) is 6.69. The molecular formula is C23H30N4O4S. The van der Waals surface area contributed by atoms with Gasteiger partial charge >= 0.3 is 0 Å². The summed E-state index contributed by atoms with van der Waals surface area (Å²) in [6.45, 7) is 7.10. The Labute approximate surface area is 189 Å². The summed E-state index contributed by atoms with van der Waals surface area (Å²) in [4.78, 5) is 23.7. The Morgan fingerprint density at radius 1 is 1.19 bits per heavy atom. The second kappa shape index (κ2) is 8.69. The molecule has 0 bridgehead atoms. The second-order valence-corrected chi connectivity index (χ2v) is 11.0. The van der Waals surface area contributed by atoms with Crippen molar-refractivity contribution in [2.45, 2.75) is 69.5 Å². The molecule has 32 heavy (non-hydrogen) atoms. The first-order valence-electron chi connectivity index (χ1n) is 11.1. The van der Waals surface area contributed by atoms with E-state index in [0.29, 0.717) is 11.7 Å². The van der Waals surface area contributed by atoms with Gasteiger partial charge in [0.1, 0.15) is 11.9 Å². The van der Waals surface area contributed by atoms with Crippen LogP contribution in [0.4, 0.5) is 5.82 Å². The molecule has 1 unspecified atom stereocenters. The molecule has 2 aromatic rings. The smallest absolute Gasteiger partial charge is 0.281 e. The Hall–Kier alpha value is -2.68. The van der Waals surface area contributed by atoms with Crippen LogP contribution in [0, 0.1) is 5.92 Å². The van der Waals surface area contributed by atoms with E-state index < -0.39 is 15.9 Å². The van der Waals surface area contributed by atoms with E-state index in [4.69, 9.17) is 4.74 Å². The lowest BCUT2D eigenvalue weighted by Gasteiger charge is -2.33. The molecule has 172 valence electrons. The number of ether oxygens (including phenoxy) is 1. The van der Waals surface area contributed by atoms with Gasteiger partial charge in [0, 0.05) is 24.3 Å². The average molecular weight is 459 g/mol. The quantitative estimate of drug-likeness (QED) is 0.706. The normalized spacial score (nSPS) is 21.0. The van der Waals surface area contributed by atoms with Crippen LogP contribution in [-0.4, -0.2) is 42.5 Å². The number of amides is 1. The molecule has 8 nitrogen and oxygen atoms in total. The average Bonchev–Trinajstić information content (AvgIpc) is 3.34. The minimum Gasteiger partial charge on any atom is -0.474 e. The van der Waals surface area contributed by atoms with Crippen molar-refractivity contribution in [1.29, 1.82) is 0 Å². The fourth-order valence-electron chi connectivity index (χ4n) is 4.77. The van der Waals surface area contributed by atoms with Crippen LogP contribution in [-0.2, 0) is 10.0 Å². The third kappa shape index (κ3) is 4.72. The van der Waals surface area contributed by atoms with Gasteiger partial charge in [-0.15, -0.1) is 0 Å². The summed E-state index contributed by atoms with van der Waals surface area (Å²) in [7, 11) is -4.18. The first kappa shape index (κ1) is 22.5. The van der Waals surface area contributed by atoms with Gasteiger partial charge < -0.3 is 9.64 Å². The highest BCUT2D eigenvalue weighted by molar-refractivity contribution is 7.90. The third-order valence-electron chi connectivity index (χ3n) is 6.15. The third-order valence-corrected chi connectivity index (χ3v) is 7.38. The van der Waals surface area contributed by atoms with Gasteiger partial charge in [-0.3, -0.25) is 4.79 Å². The summed E-state index contributed by atoms with van der Waals surface area (Å²) in [5.41, 5.74) is 0.0337. The zero-order valence-corrected chi connectivity index (χ0v) is 19.6. The minimum absolute atomic E-state index is 0.0548. The van der Waals surface area contributed by atoms with Crippen LogP contribution < -0.4 is 14.4 Å². The molecule has 4 rings (SSSR count). The number of rotatable bonds is 6. The van der Waals surface area contributed by atoms with Gasteiger partial charge in [0.15, 0.2) is 5.03 Å². The molecule has 2 fully saturated rings. The molecule has 9 heteroatoms. The molecule has 1 amide bonds. The lowest BCUT2D eigenvalue weighted by molar-refractivity contribution is 0.0981. The molecule has 1 aliphatic carbocycles. The number of anilines is 1. The van der Waals surface area contributed by atoms with Gasteiger partial charge in [0.05, 0.1) is 5.56 Å². The molecule has 0 radical (unpaired) electrons. The first-order chi connectivity index (χ1) is 15.2. The van der Waals surface area contributed by atoms with Crippen LogP contribution in [0.5, 0.6) is 5.88 Å². The summed E-state index contributed by atoms with van der Waals surface area (Å²) in [5, 5.41) is -0.248. The van der Waals surface area contributed by atoms with Crippen molar-refractivity contribution >= 4 is 21.7 Å². The monoisotopic (exact) mass is 458 g/mol. The van der Waals surface area contributed by atoms with Gasteiger partial charge in [-0.2, -0.15) is 13.4 Å². The number of nitrogens with zero attached hydrogens (tertiary/aromatic N) is 3. The summed E-state index contributed by atoms with van der Waals surface area (Å²) >= 11 is 0. The number of hydrogen-bond acceptors (Lipinski definition) is 7. The highest BCUT2D eigenvalue weighted by Crippen LogP contribution is 2.37. The van der Waals surface area contributed by atoms with E-state index in [2.05, 4.69) is 40.4 Å². The summed E-state index contributed by atoms with van der Waals surface area (Å²) < 4.78 is 33.8. The number of hydrogen-bond donors (Lipinski definition) is 1. The molecule has 1 atom stereocenters. The number of aromatic nitrogens is 2. The SMILES string of the molecule is CC1CN(c2ncccc2C(=O)NS(=O)(=O)c2cccc(OC3CCCC3)n2)C(C)(C)C1. The zero-order chi connectivity index (χ0) is 22.9. The van der Waals surface area contributed by atoms with E-state index in [1.54, 1.807) is 30.5 Å². The van der Waals surface area contributed by atoms with Crippen LogP contribution in [0.2, 0.25) is 0 Å². The van der Waals surface area contributed by atoms with E-state index >= 15 is 0 Å². The molecule has 1 saturated heterocycles. The van der Waals surface area contributed by atoms with Crippen molar-refractivity contribution in [3.8, 4) is 5.88 Å². The van der Waals surface area contributed by atoms with Gasteiger partial charge in [0.25, 0.3) is 15.9 Å². The molecule has 2 aromatic heterocycles. The zero-order valence-electron chi connectivity index (χ0n) is 18.7. The Kier molecular flexibility index (Phi) is 6.11. The molecular weight excluding hydrogens is 428 g/mol. The van der Waals surface area contributed by atoms with Crippen molar-refractivity contribution in [2.75, 3.05) is 11.4 Å². The Balaban J connectivity index is 1.56. The maximum Gasteiger partial charge on any atom is 0.281 e.